The summed E-state index contributed by atoms with van der Waals surface area (Å²) < 4.78 is 44.2. The highest BCUT2D eigenvalue weighted by Gasteiger charge is 2.22. The van der Waals surface area contributed by atoms with Crippen LogP contribution in [0.25, 0.3) is 32.7 Å². The molecule has 306 valence electrons. The van der Waals surface area contributed by atoms with Gasteiger partial charge in [-0.15, -0.1) is 0 Å². The summed E-state index contributed by atoms with van der Waals surface area (Å²) in [5.74, 6) is 0.216. The lowest BCUT2D eigenvalue weighted by Crippen LogP contribution is -2.12. The summed E-state index contributed by atoms with van der Waals surface area (Å²) in [6, 6.07) is 32.3. The SMILES string of the molecule is C=C(C)C(=O)OCCCOc1ccc2cc(-c3ccc(OC(=O)c4ccc(OC(=O)c5ccc6cc(OCCCOC7CO7)ccc6c5)c(OC)c4)c(C=N)c3)ccc2c1. The van der Waals surface area contributed by atoms with E-state index in [0.717, 1.165) is 45.3 Å². The molecule has 6 aromatic carbocycles. The number of carbonyl (C=O) groups is 3. The number of hydrogen-bond acceptors (Lipinski definition) is 12. The summed E-state index contributed by atoms with van der Waals surface area (Å²) in [5.41, 5.74) is 2.99. The molecule has 1 unspecified atom stereocenters. The molecule has 6 aromatic rings. The Balaban J connectivity index is 0.950. The molecule has 0 radical (unpaired) electrons. The first-order valence-corrected chi connectivity index (χ1v) is 19.3. The normalized spacial score (nSPS) is 13.0. The number of hydrogen-bond donors (Lipinski definition) is 1. The molecule has 12 nitrogen and oxygen atoms in total. The van der Waals surface area contributed by atoms with Crippen molar-refractivity contribution in [2.24, 2.45) is 0 Å². The van der Waals surface area contributed by atoms with Gasteiger partial charge in [0.25, 0.3) is 0 Å². The fraction of sp³-hybridized carbons (Fsp3) is 0.208. The zero-order chi connectivity index (χ0) is 42.0. The Morgan fingerprint density at radius 1 is 0.667 bits per heavy atom. The van der Waals surface area contributed by atoms with Crippen molar-refractivity contribution in [3.05, 3.63) is 138 Å². The second kappa shape index (κ2) is 19.2. The maximum Gasteiger partial charge on any atom is 0.343 e. The van der Waals surface area contributed by atoms with E-state index in [1.165, 1.54) is 25.3 Å². The molecular formula is C48H43NO11. The van der Waals surface area contributed by atoms with Crippen LogP contribution >= 0.6 is 0 Å². The molecule has 60 heavy (non-hydrogen) atoms. The van der Waals surface area contributed by atoms with Crippen LogP contribution in [-0.4, -0.2) is 70.6 Å². The third kappa shape index (κ3) is 10.5. The summed E-state index contributed by atoms with van der Waals surface area (Å²) in [5, 5.41) is 11.8. The number of epoxide rings is 1. The molecule has 1 heterocycles. The molecule has 0 amide bonds. The predicted molar refractivity (Wildman–Crippen MR) is 226 cm³/mol. The molecule has 7 rings (SSSR count). The fourth-order valence-electron chi connectivity index (χ4n) is 6.20. The lowest BCUT2D eigenvalue weighted by atomic mass is 9.99. The number of nitrogens with one attached hydrogen (secondary N) is 1. The van der Waals surface area contributed by atoms with Gasteiger partial charge in [0.1, 0.15) is 23.9 Å². The molecule has 0 aliphatic carbocycles. The Hall–Kier alpha value is -7.02. The van der Waals surface area contributed by atoms with Gasteiger partial charge < -0.3 is 43.3 Å². The Morgan fingerprint density at radius 3 is 1.88 bits per heavy atom. The second-order valence-electron chi connectivity index (χ2n) is 13.9. The average molecular weight is 810 g/mol. The van der Waals surface area contributed by atoms with Crippen molar-refractivity contribution in [3.63, 3.8) is 0 Å². The van der Waals surface area contributed by atoms with Gasteiger partial charge in [0.15, 0.2) is 17.8 Å². The van der Waals surface area contributed by atoms with E-state index < -0.39 is 17.9 Å². The van der Waals surface area contributed by atoms with Crippen LogP contribution in [0.15, 0.2) is 121 Å². The van der Waals surface area contributed by atoms with E-state index in [4.69, 9.17) is 43.3 Å². The Kier molecular flexibility index (Phi) is 13.1. The minimum absolute atomic E-state index is 0.0652. The maximum atomic E-state index is 13.3. The quantitative estimate of drug-likeness (QED) is 0.0208. The number of ether oxygens (including phenoxy) is 8. The number of methoxy groups -OCH3 is 1. The molecule has 1 saturated heterocycles. The summed E-state index contributed by atoms with van der Waals surface area (Å²) >= 11 is 0. The van der Waals surface area contributed by atoms with Gasteiger partial charge in [0.2, 0.25) is 0 Å². The van der Waals surface area contributed by atoms with Crippen molar-refractivity contribution < 1.29 is 52.3 Å². The van der Waals surface area contributed by atoms with Crippen molar-refractivity contribution >= 4 is 45.7 Å². The standard InChI is InChI=1S/C48H43NO11/c1-30(2)46(50)57-21-5-19-55-40-14-10-32-22-31(6-7-35(32)25-40)34-12-16-42(39(24-34)28-49)59-48(52)38-13-17-43(44(27-38)53-3)60-47(51)37-9-8-36-26-41(15-11-33(36)23-37)54-18-4-20-56-45-29-58-45/h6-17,22-28,45,49H,1,4-5,18-21,29H2,2-3H3. The minimum atomic E-state index is -0.683. The van der Waals surface area contributed by atoms with Gasteiger partial charge in [-0.2, -0.15) is 0 Å². The first-order valence-electron chi connectivity index (χ1n) is 19.3. The summed E-state index contributed by atoms with van der Waals surface area (Å²) in [6.45, 7) is 7.55. The van der Waals surface area contributed by atoms with E-state index in [9.17, 15) is 14.4 Å². The summed E-state index contributed by atoms with van der Waals surface area (Å²) in [7, 11) is 1.41. The highest BCUT2D eigenvalue weighted by molar-refractivity contribution is 5.98. The number of benzene rings is 6. The Bertz CT molecular complexity index is 2580. The van der Waals surface area contributed by atoms with Crippen LogP contribution in [-0.2, 0) is 19.0 Å². The minimum Gasteiger partial charge on any atom is -0.493 e. The lowest BCUT2D eigenvalue weighted by Gasteiger charge is -2.13. The zero-order valence-corrected chi connectivity index (χ0v) is 33.2. The number of carbonyl (C=O) groups excluding carboxylic acids is 3. The van der Waals surface area contributed by atoms with Crippen molar-refractivity contribution in [3.8, 4) is 39.9 Å². The maximum absolute atomic E-state index is 13.3. The van der Waals surface area contributed by atoms with E-state index in [0.29, 0.717) is 61.0 Å². The highest BCUT2D eigenvalue weighted by atomic mass is 16.8. The summed E-state index contributed by atoms with van der Waals surface area (Å²) in [6.07, 6.45) is 2.35. The molecule has 1 atom stereocenters. The Morgan fingerprint density at radius 2 is 1.22 bits per heavy atom. The van der Waals surface area contributed by atoms with Crippen LogP contribution in [0.3, 0.4) is 0 Å². The van der Waals surface area contributed by atoms with Gasteiger partial charge in [-0.1, -0.05) is 43.0 Å². The van der Waals surface area contributed by atoms with Crippen LogP contribution in [0.2, 0.25) is 0 Å². The van der Waals surface area contributed by atoms with Gasteiger partial charge in [-0.25, -0.2) is 14.4 Å². The van der Waals surface area contributed by atoms with Crippen LogP contribution < -0.4 is 23.7 Å². The molecule has 1 aliphatic heterocycles. The summed E-state index contributed by atoms with van der Waals surface area (Å²) in [4.78, 5) is 38.1. The topological polar surface area (TPSA) is 152 Å². The van der Waals surface area contributed by atoms with Gasteiger partial charge in [-0.3, -0.25) is 0 Å². The van der Waals surface area contributed by atoms with Crippen LogP contribution in [0.4, 0.5) is 0 Å². The zero-order valence-electron chi connectivity index (χ0n) is 33.2. The van der Waals surface area contributed by atoms with Gasteiger partial charge in [0.05, 0.1) is 44.7 Å². The van der Waals surface area contributed by atoms with Gasteiger partial charge >= 0.3 is 17.9 Å². The van der Waals surface area contributed by atoms with E-state index in [-0.39, 0.29) is 35.7 Å². The molecule has 0 bridgehead atoms. The molecule has 0 saturated carbocycles. The smallest absolute Gasteiger partial charge is 0.343 e. The molecule has 1 aliphatic rings. The first kappa shape index (κ1) is 41.2. The van der Waals surface area contributed by atoms with E-state index in [2.05, 4.69) is 6.58 Å². The fourth-order valence-corrected chi connectivity index (χ4v) is 6.20. The second-order valence-corrected chi connectivity index (χ2v) is 13.9. The van der Waals surface area contributed by atoms with E-state index in [1.54, 1.807) is 31.2 Å². The highest BCUT2D eigenvalue weighted by Crippen LogP contribution is 2.33. The Labute approximate surface area is 346 Å². The third-order valence-electron chi connectivity index (χ3n) is 9.47. The number of rotatable bonds is 19. The van der Waals surface area contributed by atoms with Crippen molar-refractivity contribution in [1.29, 1.82) is 5.41 Å². The van der Waals surface area contributed by atoms with Crippen LogP contribution in [0.1, 0.15) is 46.0 Å². The largest absolute Gasteiger partial charge is 0.493 e. The lowest BCUT2D eigenvalue weighted by molar-refractivity contribution is -0.139. The van der Waals surface area contributed by atoms with Gasteiger partial charge in [-0.05, 0) is 112 Å². The molecular weight excluding hydrogens is 767 g/mol. The van der Waals surface area contributed by atoms with Crippen LogP contribution in [0.5, 0.6) is 28.7 Å². The van der Waals surface area contributed by atoms with Crippen LogP contribution in [0, 0.1) is 5.41 Å². The molecule has 0 aromatic heterocycles. The van der Waals surface area contributed by atoms with E-state index in [1.807, 2.05) is 66.7 Å². The average Bonchev–Trinajstić information content (AvgIpc) is 4.10. The molecule has 1 fully saturated rings. The first-order chi connectivity index (χ1) is 29.2. The third-order valence-corrected chi connectivity index (χ3v) is 9.47. The van der Waals surface area contributed by atoms with Gasteiger partial charge in [0, 0.05) is 30.2 Å². The molecule has 1 N–H and O–H groups in total. The van der Waals surface area contributed by atoms with Crippen molar-refractivity contribution in [1.82, 2.24) is 0 Å². The molecule has 0 spiro atoms. The molecule has 12 heteroatoms. The van der Waals surface area contributed by atoms with E-state index >= 15 is 0 Å². The predicted octanol–water partition coefficient (Wildman–Crippen LogP) is 9.13. The van der Waals surface area contributed by atoms with Crippen molar-refractivity contribution in [2.45, 2.75) is 26.1 Å². The van der Waals surface area contributed by atoms with Crippen molar-refractivity contribution in [2.75, 3.05) is 40.1 Å². The number of fused-ring (bicyclic) bond motifs is 2. The monoisotopic (exact) mass is 809 g/mol. The number of esters is 3.